The highest BCUT2D eigenvalue weighted by atomic mass is 19.1. The minimum absolute atomic E-state index is 0.232. The number of hydrogen-bond acceptors (Lipinski definition) is 7. The van der Waals surface area contributed by atoms with E-state index in [9.17, 15) is 4.39 Å². The summed E-state index contributed by atoms with van der Waals surface area (Å²) in [6, 6.07) is 16.4. The van der Waals surface area contributed by atoms with E-state index in [4.69, 9.17) is 8.94 Å². The van der Waals surface area contributed by atoms with Gasteiger partial charge < -0.3 is 8.94 Å². The maximum Gasteiger partial charge on any atom is 0.247 e. The van der Waals surface area contributed by atoms with Crippen molar-refractivity contribution in [2.24, 2.45) is 5.41 Å². The van der Waals surface area contributed by atoms with Crippen LogP contribution in [0.1, 0.15) is 48.3 Å². The van der Waals surface area contributed by atoms with Crippen molar-refractivity contribution in [2.45, 2.75) is 38.1 Å². The average molecular weight is 445 g/mol. The molecule has 1 unspecified atom stereocenters. The van der Waals surface area contributed by atoms with E-state index in [1.54, 1.807) is 12.1 Å². The lowest BCUT2D eigenvalue weighted by Crippen LogP contribution is -2.34. The molecule has 3 heterocycles. The van der Waals surface area contributed by atoms with Gasteiger partial charge in [-0.15, -0.1) is 10.2 Å². The first-order valence-electron chi connectivity index (χ1n) is 11.3. The van der Waals surface area contributed by atoms with E-state index < -0.39 is 0 Å². The van der Waals surface area contributed by atoms with Crippen molar-refractivity contribution < 1.29 is 13.3 Å². The number of likely N-dealkylation sites (tertiary alicyclic amines) is 1. The average Bonchev–Trinajstić information content (AvgIpc) is 3.16. The van der Waals surface area contributed by atoms with Crippen LogP contribution >= 0.6 is 0 Å². The van der Waals surface area contributed by atoms with Crippen LogP contribution in [-0.2, 0) is 13.0 Å². The highest BCUT2D eigenvalue weighted by Gasteiger charge is 2.58. The molecule has 2 fully saturated rings. The summed E-state index contributed by atoms with van der Waals surface area (Å²) in [5.74, 6) is 2.42. The predicted octanol–water partition coefficient (Wildman–Crippen LogP) is 4.62. The molecule has 6 rings (SSSR count). The van der Waals surface area contributed by atoms with Crippen LogP contribution in [0.4, 0.5) is 4.39 Å². The molecule has 0 bridgehead atoms. The fourth-order valence-electron chi connectivity index (χ4n) is 4.92. The van der Waals surface area contributed by atoms with Gasteiger partial charge in [0.05, 0.1) is 6.54 Å². The van der Waals surface area contributed by atoms with Crippen molar-refractivity contribution >= 4 is 0 Å². The Bertz CT molecular complexity index is 1250. The Morgan fingerprint density at radius 1 is 1.03 bits per heavy atom. The highest BCUT2D eigenvalue weighted by Crippen LogP contribution is 2.64. The molecule has 168 valence electrons. The summed E-state index contributed by atoms with van der Waals surface area (Å²) >= 11 is 0. The minimum Gasteiger partial charge on any atom is -0.420 e. The van der Waals surface area contributed by atoms with Gasteiger partial charge >= 0.3 is 0 Å². The van der Waals surface area contributed by atoms with E-state index >= 15 is 0 Å². The summed E-state index contributed by atoms with van der Waals surface area (Å²) in [6.07, 6.45) is 3.88. The summed E-state index contributed by atoms with van der Waals surface area (Å²) in [5.41, 5.74) is 2.02. The Morgan fingerprint density at radius 2 is 1.88 bits per heavy atom. The Kier molecular flexibility index (Phi) is 5.02. The van der Waals surface area contributed by atoms with Gasteiger partial charge in [-0.05, 0) is 61.5 Å². The zero-order chi connectivity index (χ0) is 22.3. The second-order valence-electron chi connectivity index (χ2n) is 9.12. The van der Waals surface area contributed by atoms with E-state index in [2.05, 4.69) is 37.4 Å². The molecule has 0 N–H and O–H groups in total. The minimum atomic E-state index is -0.309. The number of halogens is 1. The van der Waals surface area contributed by atoms with Gasteiger partial charge in [0.25, 0.3) is 0 Å². The maximum absolute atomic E-state index is 13.5. The smallest absolute Gasteiger partial charge is 0.247 e. The lowest BCUT2D eigenvalue weighted by atomic mass is 9.91. The Balaban J connectivity index is 1.04. The number of benzene rings is 2. The van der Waals surface area contributed by atoms with Gasteiger partial charge in [-0.2, -0.15) is 4.98 Å². The molecule has 2 aromatic heterocycles. The van der Waals surface area contributed by atoms with E-state index in [-0.39, 0.29) is 17.2 Å². The first kappa shape index (κ1) is 20.2. The third-order valence-corrected chi connectivity index (χ3v) is 6.93. The molecule has 8 heteroatoms. The zero-order valence-electron chi connectivity index (χ0n) is 18.2. The SMILES string of the molecule is Fc1cccc(-c2nnc(C3CC34CCN(Cc3nc(Cc5ccccc5)no3)CC4)o2)c1. The fraction of sp³-hybridized carbons (Fsp3) is 0.360. The molecule has 7 nitrogen and oxygen atoms in total. The van der Waals surface area contributed by atoms with Crippen LogP contribution in [-0.4, -0.2) is 38.3 Å². The second kappa shape index (κ2) is 8.19. The number of rotatable bonds is 6. The van der Waals surface area contributed by atoms with Gasteiger partial charge in [0, 0.05) is 17.9 Å². The maximum atomic E-state index is 13.5. The monoisotopic (exact) mass is 445 g/mol. The largest absolute Gasteiger partial charge is 0.420 e. The summed E-state index contributed by atoms with van der Waals surface area (Å²) in [5, 5.41) is 12.6. The molecular weight excluding hydrogens is 421 g/mol. The standard InChI is InChI=1S/C25H24FN5O2/c26-19-8-4-7-18(14-19)23-28-29-24(32-23)20-15-25(20)9-11-31(12-10-25)16-22-27-21(30-33-22)13-17-5-2-1-3-6-17/h1-8,14,20H,9-13,15-16H2. The van der Waals surface area contributed by atoms with E-state index in [0.29, 0.717) is 36.2 Å². The summed E-state index contributed by atoms with van der Waals surface area (Å²) < 4.78 is 24.9. The Hall–Kier alpha value is -3.39. The molecular formula is C25H24FN5O2. The quantitative estimate of drug-likeness (QED) is 0.428. The third kappa shape index (κ3) is 4.18. The Labute approximate surface area is 190 Å². The van der Waals surface area contributed by atoms with Gasteiger partial charge in [0.1, 0.15) is 5.82 Å². The van der Waals surface area contributed by atoms with Gasteiger partial charge in [-0.1, -0.05) is 41.6 Å². The molecule has 1 saturated heterocycles. The van der Waals surface area contributed by atoms with Gasteiger partial charge in [0.15, 0.2) is 5.82 Å². The van der Waals surface area contributed by atoms with Gasteiger partial charge in [-0.3, -0.25) is 4.90 Å². The number of nitrogens with zero attached hydrogens (tertiary/aromatic N) is 5. The van der Waals surface area contributed by atoms with Crippen LogP contribution in [0.5, 0.6) is 0 Å². The molecule has 0 amide bonds. The molecule has 33 heavy (non-hydrogen) atoms. The number of piperidine rings is 1. The predicted molar refractivity (Wildman–Crippen MR) is 118 cm³/mol. The van der Waals surface area contributed by atoms with Crippen LogP contribution in [0.2, 0.25) is 0 Å². The summed E-state index contributed by atoms with van der Waals surface area (Å²) in [6.45, 7) is 2.61. The molecule has 1 aliphatic carbocycles. The highest BCUT2D eigenvalue weighted by molar-refractivity contribution is 5.52. The third-order valence-electron chi connectivity index (χ3n) is 6.93. The zero-order valence-corrected chi connectivity index (χ0v) is 18.2. The lowest BCUT2D eigenvalue weighted by molar-refractivity contribution is 0.144. The van der Waals surface area contributed by atoms with Gasteiger partial charge in [-0.25, -0.2) is 4.39 Å². The van der Waals surface area contributed by atoms with Crippen molar-refractivity contribution in [2.75, 3.05) is 13.1 Å². The second-order valence-corrected chi connectivity index (χ2v) is 9.12. The van der Waals surface area contributed by atoms with Crippen molar-refractivity contribution in [1.29, 1.82) is 0 Å². The van der Waals surface area contributed by atoms with Crippen molar-refractivity contribution in [1.82, 2.24) is 25.2 Å². The molecule has 4 aromatic rings. The van der Waals surface area contributed by atoms with E-state index in [0.717, 1.165) is 38.2 Å². The Morgan fingerprint density at radius 3 is 2.70 bits per heavy atom. The molecule has 1 atom stereocenters. The van der Waals surface area contributed by atoms with Gasteiger partial charge in [0.2, 0.25) is 17.7 Å². The van der Waals surface area contributed by atoms with Crippen LogP contribution in [0, 0.1) is 11.2 Å². The van der Waals surface area contributed by atoms with Crippen LogP contribution in [0.15, 0.2) is 63.5 Å². The van der Waals surface area contributed by atoms with Crippen molar-refractivity contribution in [3.8, 4) is 11.5 Å². The molecule has 2 aromatic carbocycles. The topological polar surface area (TPSA) is 81.1 Å². The van der Waals surface area contributed by atoms with E-state index in [1.807, 2.05) is 18.2 Å². The first-order chi connectivity index (χ1) is 16.2. The van der Waals surface area contributed by atoms with Crippen molar-refractivity contribution in [3.63, 3.8) is 0 Å². The van der Waals surface area contributed by atoms with E-state index in [1.165, 1.54) is 17.7 Å². The number of aromatic nitrogens is 4. The summed E-state index contributed by atoms with van der Waals surface area (Å²) in [4.78, 5) is 6.94. The van der Waals surface area contributed by atoms with Crippen LogP contribution in [0.3, 0.4) is 0 Å². The van der Waals surface area contributed by atoms with Crippen LogP contribution < -0.4 is 0 Å². The lowest BCUT2D eigenvalue weighted by Gasteiger charge is -2.31. The van der Waals surface area contributed by atoms with Crippen LogP contribution in [0.25, 0.3) is 11.5 Å². The normalized spacial score (nSPS) is 19.7. The fourth-order valence-corrected chi connectivity index (χ4v) is 4.92. The molecule has 1 spiro atoms. The van der Waals surface area contributed by atoms with Crippen molar-refractivity contribution in [3.05, 3.63) is 83.6 Å². The summed E-state index contributed by atoms with van der Waals surface area (Å²) in [7, 11) is 0. The number of hydrogen-bond donors (Lipinski definition) is 0. The molecule has 1 saturated carbocycles. The molecule has 0 radical (unpaired) electrons. The first-order valence-corrected chi connectivity index (χ1v) is 11.3. The molecule has 2 aliphatic rings. The molecule has 1 aliphatic heterocycles.